The van der Waals surface area contributed by atoms with Crippen LogP contribution in [0.4, 0.5) is 0 Å². The van der Waals surface area contributed by atoms with E-state index < -0.39 is 11.6 Å². The van der Waals surface area contributed by atoms with E-state index in [-0.39, 0.29) is 0 Å². The van der Waals surface area contributed by atoms with Gasteiger partial charge in [0.1, 0.15) is 6.29 Å². The molecular weight excluding hydrogens is 90.9 g/mol. The second-order valence-corrected chi connectivity index (χ2v) is 2.20. The molecule has 2 radical (unpaired) electrons. The zero-order chi connectivity index (χ0) is 6.08. The third-order valence-corrected chi connectivity index (χ3v) is 0.665. The maximum absolute atomic E-state index is 8.32. The third kappa shape index (κ3) is 2.65. The predicted molar refractivity (Wildman–Crippen MR) is 28.0 cm³/mol. The molecule has 3 heteroatoms. The smallest absolute Gasteiger partial charge is 0.148 e. The summed E-state index contributed by atoms with van der Waals surface area (Å²) < 4.78 is 0. The van der Waals surface area contributed by atoms with Crippen molar-refractivity contribution in [3.63, 3.8) is 0 Å². The van der Waals surface area contributed by atoms with Crippen LogP contribution in [0.25, 0.3) is 0 Å². The minimum Gasteiger partial charge on any atom is -0.368 e. The van der Waals surface area contributed by atoms with Crippen molar-refractivity contribution in [1.29, 1.82) is 0 Å². The van der Waals surface area contributed by atoms with Gasteiger partial charge < -0.3 is 10.2 Å². The van der Waals surface area contributed by atoms with E-state index in [1.54, 1.807) is 0 Å². The minimum absolute atomic E-state index is 0.889. The van der Waals surface area contributed by atoms with Crippen LogP contribution in [-0.4, -0.2) is 24.3 Å². The van der Waals surface area contributed by atoms with Gasteiger partial charge in [-0.3, -0.25) is 0 Å². The van der Waals surface area contributed by atoms with Gasteiger partial charge in [-0.05, 0) is 5.31 Å². The highest BCUT2D eigenvalue weighted by Crippen LogP contribution is 2.20. The quantitative estimate of drug-likeness (QED) is 0.349. The summed E-state index contributed by atoms with van der Waals surface area (Å²) in [6.07, 6.45) is -1.42. The summed E-state index contributed by atoms with van der Waals surface area (Å²) in [4.78, 5) is 0. The Morgan fingerprint density at radius 1 is 1.43 bits per heavy atom. The van der Waals surface area contributed by atoms with Gasteiger partial charge in [-0.15, -0.1) is 0 Å². The van der Waals surface area contributed by atoms with Crippen molar-refractivity contribution in [2.75, 3.05) is 0 Å². The van der Waals surface area contributed by atoms with Gasteiger partial charge in [0.25, 0.3) is 0 Å². The number of aliphatic hydroxyl groups excluding tert-OH is 1. The molecule has 0 rings (SSSR count). The average Bonchev–Trinajstić information content (AvgIpc) is 1.31. The topological polar surface area (TPSA) is 40.5 Å². The first-order valence-corrected chi connectivity index (χ1v) is 2.09. The van der Waals surface area contributed by atoms with Gasteiger partial charge in [0.15, 0.2) is 0 Å². The summed E-state index contributed by atoms with van der Waals surface area (Å²) >= 11 is 0. The predicted octanol–water partition coefficient (Wildman–Crippen LogP) is -0.336. The standard InChI is InChI=1S/C4H9BO2/c1-4(2,5)3(6)7/h3,6-7H,1-2H3. The lowest BCUT2D eigenvalue weighted by Gasteiger charge is -2.20. The molecule has 0 saturated carbocycles. The first-order chi connectivity index (χ1) is 2.94. The molecule has 0 aromatic heterocycles. The fourth-order valence-electron chi connectivity index (χ4n) is 0. The first-order valence-electron chi connectivity index (χ1n) is 2.09. The molecule has 7 heavy (non-hydrogen) atoms. The van der Waals surface area contributed by atoms with Crippen LogP contribution in [-0.2, 0) is 0 Å². The Hall–Kier alpha value is -0.0151. The van der Waals surface area contributed by atoms with Crippen LogP contribution < -0.4 is 0 Å². The van der Waals surface area contributed by atoms with Gasteiger partial charge in [-0.1, -0.05) is 13.8 Å². The van der Waals surface area contributed by atoms with Crippen LogP contribution in [0, 0.1) is 0 Å². The highest BCUT2D eigenvalue weighted by Gasteiger charge is 2.17. The van der Waals surface area contributed by atoms with Gasteiger partial charge in [0.2, 0.25) is 0 Å². The van der Waals surface area contributed by atoms with Crippen molar-refractivity contribution in [2.45, 2.75) is 25.5 Å². The largest absolute Gasteiger partial charge is 0.368 e. The molecule has 0 aromatic carbocycles. The lowest BCUT2D eigenvalue weighted by molar-refractivity contribution is -0.0659. The van der Waals surface area contributed by atoms with E-state index >= 15 is 0 Å². The molecular formula is C4H9BO2. The van der Waals surface area contributed by atoms with Crippen LogP contribution in [0.3, 0.4) is 0 Å². The average molecular weight is 99.9 g/mol. The molecule has 0 aliphatic rings. The lowest BCUT2D eigenvalue weighted by atomic mass is 9.72. The molecule has 0 aliphatic carbocycles. The fourth-order valence-corrected chi connectivity index (χ4v) is 0. The van der Waals surface area contributed by atoms with E-state index in [1.165, 1.54) is 13.8 Å². The number of hydrogen-bond acceptors (Lipinski definition) is 2. The van der Waals surface area contributed by atoms with E-state index in [2.05, 4.69) is 0 Å². The highest BCUT2D eigenvalue weighted by molar-refractivity contribution is 6.14. The Bertz CT molecular complexity index is 55.2. The van der Waals surface area contributed by atoms with Gasteiger partial charge >= 0.3 is 0 Å². The van der Waals surface area contributed by atoms with Crippen molar-refractivity contribution in [3.05, 3.63) is 0 Å². The number of rotatable bonds is 1. The van der Waals surface area contributed by atoms with E-state index in [0.29, 0.717) is 0 Å². The molecule has 0 heterocycles. The zero-order valence-electron chi connectivity index (χ0n) is 4.55. The van der Waals surface area contributed by atoms with E-state index in [1.807, 2.05) is 0 Å². The summed E-state index contributed by atoms with van der Waals surface area (Å²) in [5.41, 5.74) is 0. The molecule has 0 aliphatic heterocycles. The molecule has 0 fully saturated rings. The molecule has 0 amide bonds. The number of aliphatic hydroxyl groups is 2. The van der Waals surface area contributed by atoms with Crippen LogP contribution >= 0.6 is 0 Å². The van der Waals surface area contributed by atoms with Crippen molar-refractivity contribution in [2.24, 2.45) is 0 Å². The molecule has 0 bridgehead atoms. The van der Waals surface area contributed by atoms with Crippen molar-refractivity contribution in [1.82, 2.24) is 0 Å². The number of hydrogen-bond donors (Lipinski definition) is 2. The zero-order valence-corrected chi connectivity index (χ0v) is 4.55. The van der Waals surface area contributed by atoms with Gasteiger partial charge in [-0.25, -0.2) is 0 Å². The Balaban J connectivity index is 3.54. The summed E-state index contributed by atoms with van der Waals surface area (Å²) in [5.74, 6) is 0. The molecule has 2 nitrogen and oxygen atoms in total. The molecule has 40 valence electrons. The van der Waals surface area contributed by atoms with Crippen LogP contribution in [0.1, 0.15) is 13.8 Å². The second-order valence-electron chi connectivity index (χ2n) is 2.20. The third-order valence-electron chi connectivity index (χ3n) is 0.665. The lowest BCUT2D eigenvalue weighted by Crippen LogP contribution is -2.21. The molecule has 0 aromatic rings. The monoisotopic (exact) mass is 100 g/mol. The SMILES string of the molecule is [B]C(C)(C)C(O)O. The summed E-state index contributed by atoms with van der Waals surface area (Å²) in [6, 6.07) is 0. The Labute approximate surface area is 44.6 Å². The Morgan fingerprint density at radius 2 is 1.57 bits per heavy atom. The Morgan fingerprint density at radius 3 is 1.57 bits per heavy atom. The van der Waals surface area contributed by atoms with Crippen LogP contribution in [0.5, 0.6) is 0 Å². The first kappa shape index (κ1) is 6.98. The Kier molecular flexibility index (Phi) is 1.84. The van der Waals surface area contributed by atoms with Gasteiger partial charge in [-0.2, -0.15) is 0 Å². The summed E-state index contributed by atoms with van der Waals surface area (Å²) in [5, 5.41) is 15.8. The summed E-state index contributed by atoms with van der Waals surface area (Å²) in [6.45, 7) is 3.08. The van der Waals surface area contributed by atoms with Crippen LogP contribution in [0.15, 0.2) is 0 Å². The summed E-state index contributed by atoms with van der Waals surface area (Å²) in [7, 11) is 5.18. The van der Waals surface area contributed by atoms with Crippen molar-refractivity contribution in [3.8, 4) is 0 Å². The minimum atomic E-state index is -1.42. The second kappa shape index (κ2) is 1.84. The molecule has 0 spiro atoms. The fraction of sp³-hybridized carbons (Fsp3) is 1.00. The van der Waals surface area contributed by atoms with E-state index in [0.717, 1.165) is 0 Å². The van der Waals surface area contributed by atoms with Crippen molar-refractivity contribution >= 4 is 7.85 Å². The highest BCUT2D eigenvalue weighted by atomic mass is 16.5. The molecule has 2 N–H and O–H groups in total. The van der Waals surface area contributed by atoms with Gasteiger partial charge in [0, 0.05) is 0 Å². The maximum atomic E-state index is 8.32. The molecule has 0 saturated heterocycles. The van der Waals surface area contributed by atoms with Crippen molar-refractivity contribution < 1.29 is 10.2 Å². The molecule has 0 atom stereocenters. The van der Waals surface area contributed by atoms with E-state index in [9.17, 15) is 0 Å². The maximum Gasteiger partial charge on any atom is 0.148 e. The van der Waals surface area contributed by atoms with E-state index in [4.69, 9.17) is 18.1 Å². The van der Waals surface area contributed by atoms with Gasteiger partial charge in [0.05, 0.1) is 7.85 Å². The van der Waals surface area contributed by atoms with Crippen LogP contribution in [0.2, 0.25) is 5.31 Å². The normalized spacial score (nSPS) is 12.7. The molecule has 0 unspecified atom stereocenters.